The molecule has 1 N–H and O–H groups in total. The van der Waals surface area contributed by atoms with E-state index in [-0.39, 0.29) is 53.3 Å². The van der Waals surface area contributed by atoms with E-state index in [2.05, 4.69) is 0 Å². The minimum atomic E-state index is -0.545. The van der Waals surface area contributed by atoms with E-state index in [1.807, 2.05) is 6.08 Å². The summed E-state index contributed by atoms with van der Waals surface area (Å²) in [6.07, 6.45) is 9.02. The van der Waals surface area contributed by atoms with E-state index in [4.69, 9.17) is 4.74 Å². The van der Waals surface area contributed by atoms with E-state index in [9.17, 15) is 24.3 Å². The second kappa shape index (κ2) is 8.82. The number of carbonyl (C=O) groups excluding carboxylic acids is 4. The third kappa shape index (κ3) is 3.54. The van der Waals surface area contributed by atoms with Crippen LogP contribution in [0.5, 0.6) is 11.5 Å². The number of ether oxygens (including phenoxy) is 1. The van der Waals surface area contributed by atoms with Gasteiger partial charge in [-0.25, -0.2) is 0 Å². The van der Waals surface area contributed by atoms with Crippen LogP contribution in [0.2, 0.25) is 0 Å². The Morgan fingerprint density at radius 2 is 1.76 bits per heavy atom. The predicted octanol–water partition coefficient (Wildman–Crippen LogP) is 4.16. The number of methoxy groups -OCH3 is 1. The van der Waals surface area contributed by atoms with Gasteiger partial charge in [-0.2, -0.15) is 0 Å². The number of allylic oxidation sites excluding steroid dienone is 6. The number of nitrogens with zero attached hydrogens (tertiary/aromatic N) is 1. The second-order valence-electron chi connectivity index (χ2n) is 11.0. The lowest BCUT2D eigenvalue weighted by molar-refractivity contribution is -0.143. The van der Waals surface area contributed by atoms with Crippen LogP contribution in [0.1, 0.15) is 63.4 Å². The Labute approximate surface area is 215 Å². The molecule has 4 atom stereocenters. The molecular formula is C30H31NO6. The quantitative estimate of drug-likeness (QED) is 0.379. The molecule has 2 amide bonds. The maximum absolute atomic E-state index is 13.9. The molecule has 0 aromatic heterocycles. The van der Waals surface area contributed by atoms with Gasteiger partial charge in [0.1, 0.15) is 0 Å². The Kier molecular flexibility index (Phi) is 5.70. The summed E-state index contributed by atoms with van der Waals surface area (Å²) in [6.45, 7) is 1.65. The van der Waals surface area contributed by atoms with Crippen molar-refractivity contribution in [3.8, 4) is 11.5 Å². The van der Waals surface area contributed by atoms with Crippen molar-refractivity contribution in [3.05, 3.63) is 58.2 Å². The molecule has 1 aromatic carbocycles. The molecule has 7 nitrogen and oxygen atoms in total. The average Bonchev–Trinajstić information content (AvgIpc) is 3.16. The Morgan fingerprint density at radius 1 is 1.00 bits per heavy atom. The van der Waals surface area contributed by atoms with Gasteiger partial charge in [-0.15, -0.1) is 0 Å². The van der Waals surface area contributed by atoms with E-state index < -0.39 is 17.8 Å². The van der Waals surface area contributed by atoms with Gasteiger partial charge in [0.05, 0.1) is 18.9 Å². The highest BCUT2D eigenvalue weighted by molar-refractivity contribution is 6.23. The Hall–Kier alpha value is -3.48. The average molecular weight is 502 g/mol. The fourth-order valence-electron chi connectivity index (χ4n) is 7.36. The second-order valence-corrected chi connectivity index (χ2v) is 11.0. The molecular weight excluding hydrogens is 470 g/mol. The van der Waals surface area contributed by atoms with Gasteiger partial charge in [0, 0.05) is 28.7 Å². The third-order valence-corrected chi connectivity index (χ3v) is 9.07. The van der Waals surface area contributed by atoms with Crippen LogP contribution in [0.3, 0.4) is 0 Å². The highest BCUT2D eigenvalue weighted by atomic mass is 16.5. The van der Waals surface area contributed by atoms with Crippen molar-refractivity contribution in [1.29, 1.82) is 0 Å². The zero-order valence-corrected chi connectivity index (χ0v) is 21.2. The van der Waals surface area contributed by atoms with Crippen molar-refractivity contribution in [2.75, 3.05) is 7.11 Å². The summed E-state index contributed by atoms with van der Waals surface area (Å²) in [4.78, 5) is 55.7. The lowest BCUT2D eigenvalue weighted by atomic mass is 9.59. The summed E-state index contributed by atoms with van der Waals surface area (Å²) in [5.41, 5.74) is 2.90. The first-order valence-corrected chi connectivity index (χ1v) is 13.3. The highest BCUT2D eigenvalue weighted by Crippen LogP contribution is 2.56. The van der Waals surface area contributed by atoms with E-state index in [0.717, 1.165) is 37.7 Å². The molecule has 1 aliphatic heterocycles. The minimum Gasteiger partial charge on any atom is -0.504 e. The summed E-state index contributed by atoms with van der Waals surface area (Å²) in [6, 6.07) is 4.91. The van der Waals surface area contributed by atoms with Crippen LogP contribution in [0.25, 0.3) is 0 Å². The van der Waals surface area contributed by atoms with Crippen LogP contribution in [-0.2, 0) is 19.2 Å². The Balaban J connectivity index is 1.47. The maximum Gasteiger partial charge on any atom is 0.233 e. The zero-order chi connectivity index (χ0) is 26.0. The molecule has 2 fully saturated rings. The van der Waals surface area contributed by atoms with Crippen LogP contribution < -0.4 is 4.74 Å². The summed E-state index contributed by atoms with van der Waals surface area (Å²) in [7, 11) is 1.46. The number of amides is 2. The van der Waals surface area contributed by atoms with Crippen molar-refractivity contribution in [2.24, 2.45) is 17.8 Å². The number of phenolic OH excluding ortho intramolecular Hbond substituents is 1. The molecule has 1 saturated heterocycles. The van der Waals surface area contributed by atoms with Gasteiger partial charge in [-0.3, -0.25) is 24.1 Å². The van der Waals surface area contributed by atoms with Crippen molar-refractivity contribution >= 4 is 23.4 Å². The van der Waals surface area contributed by atoms with Crippen LogP contribution in [0.4, 0.5) is 0 Å². The lowest BCUT2D eigenvalue weighted by Crippen LogP contribution is -2.43. The first-order chi connectivity index (χ1) is 17.8. The van der Waals surface area contributed by atoms with Crippen molar-refractivity contribution in [2.45, 2.75) is 63.8 Å². The number of hydrogen-bond acceptors (Lipinski definition) is 6. The number of hydrogen-bond donors (Lipinski definition) is 1. The molecule has 1 aromatic rings. The fourth-order valence-corrected chi connectivity index (χ4v) is 7.36. The molecule has 1 saturated carbocycles. The van der Waals surface area contributed by atoms with E-state index in [1.54, 1.807) is 24.0 Å². The van der Waals surface area contributed by atoms with E-state index >= 15 is 0 Å². The molecule has 7 heteroatoms. The van der Waals surface area contributed by atoms with Crippen molar-refractivity contribution in [3.63, 3.8) is 0 Å². The SMILES string of the molecule is COc1cc([C@H]2C3=CC[C@@H]4C(=O)N(C5CCCCC5)C(=O)[C@@H]4[C@@H]3CC3=C2C(=O)C=C(C)C3=O)ccc1O. The van der Waals surface area contributed by atoms with Gasteiger partial charge in [0.25, 0.3) is 0 Å². The largest absolute Gasteiger partial charge is 0.504 e. The number of phenols is 1. The molecule has 6 rings (SSSR count). The number of benzene rings is 1. The Bertz CT molecular complexity index is 1330. The molecule has 0 bridgehead atoms. The molecule has 4 aliphatic carbocycles. The smallest absolute Gasteiger partial charge is 0.233 e. The monoisotopic (exact) mass is 501 g/mol. The van der Waals surface area contributed by atoms with Crippen molar-refractivity contribution in [1.82, 2.24) is 4.90 Å². The van der Waals surface area contributed by atoms with Gasteiger partial charge in [0.2, 0.25) is 11.8 Å². The summed E-state index contributed by atoms with van der Waals surface area (Å²) < 4.78 is 5.34. The van der Waals surface area contributed by atoms with Crippen LogP contribution in [-0.4, -0.2) is 46.5 Å². The number of imide groups is 1. The Morgan fingerprint density at radius 3 is 2.49 bits per heavy atom. The van der Waals surface area contributed by atoms with Gasteiger partial charge >= 0.3 is 0 Å². The first-order valence-electron chi connectivity index (χ1n) is 13.3. The molecule has 0 unspecified atom stereocenters. The van der Waals surface area contributed by atoms with Gasteiger partial charge in [-0.1, -0.05) is 37.0 Å². The number of Topliss-reactive ketones (excluding diaryl/α,β-unsaturated/α-hetero) is 1. The standard InChI is InChI=1S/C30H31NO6/c1-15-12-23(33)27-21(28(15)34)14-20-18(25(27)16-8-11-22(32)24(13-16)37-2)9-10-19-26(20)30(36)31(29(19)35)17-6-4-3-5-7-17/h8-9,11-13,17,19-20,25-26,32H,3-7,10,14H2,1-2H3/t19-,20+,25-,26-/m0/s1. The van der Waals surface area contributed by atoms with Gasteiger partial charge in [0.15, 0.2) is 23.1 Å². The number of fused-ring (bicyclic) bond motifs is 3. The minimum absolute atomic E-state index is 0.0213. The topological polar surface area (TPSA) is 101 Å². The predicted molar refractivity (Wildman–Crippen MR) is 135 cm³/mol. The summed E-state index contributed by atoms with van der Waals surface area (Å²) >= 11 is 0. The van der Waals surface area contributed by atoms with Crippen LogP contribution in [0, 0.1) is 17.8 Å². The van der Waals surface area contributed by atoms with Crippen molar-refractivity contribution < 1.29 is 29.0 Å². The van der Waals surface area contributed by atoms with Gasteiger partial charge in [-0.05, 0) is 62.3 Å². The number of carbonyl (C=O) groups is 4. The van der Waals surface area contributed by atoms with Gasteiger partial charge < -0.3 is 9.84 Å². The maximum atomic E-state index is 13.9. The molecule has 0 radical (unpaired) electrons. The molecule has 5 aliphatic rings. The highest BCUT2D eigenvalue weighted by Gasteiger charge is 2.57. The lowest BCUT2D eigenvalue weighted by Gasteiger charge is -2.42. The third-order valence-electron chi connectivity index (χ3n) is 9.07. The number of likely N-dealkylation sites (tertiary alicyclic amines) is 1. The molecule has 0 spiro atoms. The molecule has 192 valence electrons. The zero-order valence-electron chi connectivity index (χ0n) is 21.2. The fraction of sp³-hybridized carbons (Fsp3) is 0.467. The molecule has 37 heavy (non-hydrogen) atoms. The van der Waals surface area contributed by atoms with Crippen LogP contribution >= 0.6 is 0 Å². The normalized spacial score (nSPS) is 30.1. The summed E-state index contributed by atoms with van der Waals surface area (Å²) in [5, 5.41) is 10.2. The number of rotatable bonds is 3. The van der Waals surface area contributed by atoms with Crippen LogP contribution in [0.15, 0.2) is 52.6 Å². The number of ketones is 2. The van der Waals surface area contributed by atoms with E-state index in [1.165, 1.54) is 19.3 Å². The number of aromatic hydroxyl groups is 1. The first kappa shape index (κ1) is 23.9. The van der Waals surface area contributed by atoms with E-state index in [0.29, 0.717) is 28.7 Å². The summed E-state index contributed by atoms with van der Waals surface area (Å²) in [5.74, 6) is -2.17. The molecule has 1 heterocycles.